The Morgan fingerprint density at radius 1 is 1.24 bits per heavy atom. The minimum atomic E-state index is -1.22. The molecule has 0 saturated carbocycles. The fraction of sp³-hybridized carbons (Fsp3) is 0.273. The van der Waals surface area contributed by atoms with Crippen LogP contribution >= 0.6 is 11.6 Å². The molecule has 2 atom stereocenters. The van der Waals surface area contributed by atoms with E-state index >= 15 is 0 Å². The molecule has 17 heavy (non-hydrogen) atoms. The van der Waals surface area contributed by atoms with Crippen LogP contribution in [0.5, 0.6) is 0 Å². The molecule has 0 aliphatic rings. The Morgan fingerprint density at radius 2 is 2.00 bits per heavy atom. The third-order valence-corrected chi connectivity index (χ3v) is 2.81. The van der Waals surface area contributed by atoms with Gasteiger partial charge in [0.05, 0.1) is 12.1 Å². The first-order valence-electron chi connectivity index (χ1n) is 5.00. The molecule has 5 nitrogen and oxygen atoms in total. The second-order valence-electron chi connectivity index (χ2n) is 3.64. The van der Waals surface area contributed by atoms with Gasteiger partial charge >= 0.3 is 0 Å². The minimum absolute atomic E-state index is 0.332. The molecule has 2 unspecified atom stereocenters. The topological polar surface area (TPSA) is 86.5 Å². The maximum atomic E-state index is 9.73. The van der Waals surface area contributed by atoms with Crippen LogP contribution in [0.1, 0.15) is 11.7 Å². The van der Waals surface area contributed by atoms with E-state index < -0.39 is 18.8 Å². The van der Waals surface area contributed by atoms with Crippen LogP contribution in [0.4, 0.5) is 0 Å². The van der Waals surface area contributed by atoms with E-state index in [2.05, 4.69) is 9.97 Å². The number of hydrogen-bond acceptors (Lipinski definition) is 5. The number of fused-ring (bicyclic) bond motifs is 1. The molecule has 90 valence electrons. The summed E-state index contributed by atoms with van der Waals surface area (Å²) in [5, 5.41) is 28.8. The van der Waals surface area contributed by atoms with Crippen molar-refractivity contribution in [1.82, 2.24) is 9.97 Å². The van der Waals surface area contributed by atoms with Crippen LogP contribution in [0, 0.1) is 0 Å². The highest BCUT2D eigenvalue weighted by molar-refractivity contribution is 6.34. The van der Waals surface area contributed by atoms with Gasteiger partial charge in [0, 0.05) is 5.39 Å². The van der Waals surface area contributed by atoms with Crippen LogP contribution < -0.4 is 0 Å². The van der Waals surface area contributed by atoms with Crippen LogP contribution in [-0.4, -0.2) is 38.0 Å². The summed E-state index contributed by atoms with van der Waals surface area (Å²) < 4.78 is 0. The normalized spacial score (nSPS) is 14.8. The molecule has 1 aromatic carbocycles. The Hall–Kier alpha value is -1.27. The first-order valence-corrected chi connectivity index (χ1v) is 5.38. The van der Waals surface area contributed by atoms with Crippen molar-refractivity contribution >= 4 is 22.5 Å². The largest absolute Gasteiger partial charge is 0.394 e. The van der Waals surface area contributed by atoms with E-state index in [1.165, 1.54) is 6.33 Å². The van der Waals surface area contributed by atoms with Gasteiger partial charge in [0.1, 0.15) is 23.7 Å². The Labute approximate surface area is 102 Å². The lowest BCUT2D eigenvalue weighted by Gasteiger charge is -2.16. The summed E-state index contributed by atoms with van der Waals surface area (Å²) >= 11 is 5.88. The van der Waals surface area contributed by atoms with Gasteiger partial charge in [-0.25, -0.2) is 9.97 Å². The second-order valence-corrected chi connectivity index (χ2v) is 3.99. The summed E-state index contributed by atoms with van der Waals surface area (Å²) in [6.07, 6.45) is -1.05. The number of nitrogens with zero attached hydrogens (tertiary/aromatic N) is 2. The maximum absolute atomic E-state index is 9.73. The van der Waals surface area contributed by atoms with Crippen molar-refractivity contribution in [2.45, 2.75) is 12.2 Å². The second kappa shape index (κ2) is 4.93. The van der Waals surface area contributed by atoms with Crippen molar-refractivity contribution in [1.29, 1.82) is 0 Å². The van der Waals surface area contributed by atoms with Gasteiger partial charge in [-0.1, -0.05) is 17.7 Å². The van der Waals surface area contributed by atoms with Crippen LogP contribution in [0.25, 0.3) is 10.9 Å². The number of aromatic nitrogens is 2. The fourth-order valence-corrected chi connectivity index (χ4v) is 1.75. The Bertz CT molecular complexity index is 535. The molecule has 3 N–H and O–H groups in total. The zero-order valence-corrected chi connectivity index (χ0v) is 9.54. The zero-order valence-electron chi connectivity index (χ0n) is 8.79. The predicted octanol–water partition coefficient (Wildman–Crippen LogP) is 0.670. The molecule has 0 bridgehead atoms. The van der Waals surface area contributed by atoms with E-state index in [0.717, 1.165) is 0 Å². The first-order chi connectivity index (χ1) is 8.13. The maximum Gasteiger partial charge on any atom is 0.140 e. The molecule has 0 saturated heterocycles. The SMILES string of the molecule is OCC(O)C(O)c1ccc2c(Cl)ncnc2c1. The number of halogens is 1. The lowest BCUT2D eigenvalue weighted by Crippen LogP contribution is -2.21. The van der Waals surface area contributed by atoms with Crippen LogP contribution in [0.3, 0.4) is 0 Å². The summed E-state index contributed by atoms with van der Waals surface area (Å²) in [5.41, 5.74) is 1.04. The zero-order chi connectivity index (χ0) is 12.4. The standard InChI is InChI=1S/C11H11ClN2O3/c12-11-7-2-1-6(10(17)9(16)4-15)3-8(7)13-5-14-11/h1-3,5,9-10,15-17H,4H2. The molecule has 0 aliphatic carbocycles. The number of aliphatic hydroxyl groups is 3. The Balaban J connectivity index is 2.45. The Kier molecular flexibility index (Phi) is 3.54. The highest BCUT2D eigenvalue weighted by atomic mass is 35.5. The number of hydrogen-bond donors (Lipinski definition) is 3. The molecule has 1 aromatic heterocycles. The fourth-order valence-electron chi connectivity index (χ4n) is 1.55. The van der Waals surface area contributed by atoms with Crippen LogP contribution in [0.2, 0.25) is 5.15 Å². The number of benzene rings is 1. The average Bonchev–Trinajstić information content (AvgIpc) is 2.37. The quantitative estimate of drug-likeness (QED) is 0.701. The highest BCUT2D eigenvalue weighted by Gasteiger charge is 2.18. The first kappa shape index (κ1) is 12.2. The summed E-state index contributed by atoms with van der Waals surface area (Å²) in [4.78, 5) is 7.86. The van der Waals surface area contributed by atoms with E-state index in [-0.39, 0.29) is 0 Å². The predicted molar refractivity (Wildman–Crippen MR) is 62.6 cm³/mol. The summed E-state index contributed by atoms with van der Waals surface area (Å²) in [7, 11) is 0. The van der Waals surface area contributed by atoms with Gasteiger partial charge in [0.2, 0.25) is 0 Å². The van der Waals surface area contributed by atoms with Gasteiger partial charge in [-0.2, -0.15) is 0 Å². The van der Waals surface area contributed by atoms with Gasteiger partial charge in [0.15, 0.2) is 0 Å². The molecular formula is C11H11ClN2O3. The van der Waals surface area contributed by atoms with Crippen molar-refractivity contribution in [3.63, 3.8) is 0 Å². The van der Waals surface area contributed by atoms with Gasteiger partial charge in [-0.05, 0) is 17.7 Å². The van der Waals surface area contributed by atoms with Crippen molar-refractivity contribution in [2.75, 3.05) is 6.61 Å². The van der Waals surface area contributed by atoms with Gasteiger partial charge in [-0.3, -0.25) is 0 Å². The lowest BCUT2D eigenvalue weighted by atomic mass is 10.0. The molecule has 2 rings (SSSR count). The number of rotatable bonds is 3. The summed E-state index contributed by atoms with van der Waals surface area (Å²) in [5.74, 6) is 0. The van der Waals surface area contributed by atoms with E-state index in [1.807, 2.05) is 0 Å². The lowest BCUT2D eigenvalue weighted by molar-refractivity contribution is -0.0152. The third kappa shape index (κ3) is 2.37. The van der Waals surface area contributed by atoms with Crippen LogP contribution in [0.15, 0.2) is 24.5 Å². The molecule has 0 fully saturated rings. The van der Waals surface area contributed by atoms with E-state index in [9.17, 15) is 10.2 Å². The van der Waals surface area contributed by atoms with Crippen LogP contribution in [-0.2, 0) is 0 Å². The molecule has 0 spiro atoms. The van der Waals surface area contributed by atoms with E-state index in [4.69, 9.17) is 16.7 Å². The molecule has 6 heteroatoms. The average molecular weight is 255 g/mol. The molecule has 1 heterocycles. The van der Waals surface area contributed by atoms with Crippen molar-refractivity contribution in [2.24, 2.45) is 0 Å². The molecule has 0 radical (unpaired) electrons. The van der Waals surface area contributed by atoms with Crippen molar-refractivity contribution in [3.8, 4) is 0 Å². The smallest absolute Gasteiger partial charge is 0.140 e. The van der Waals surface area contributed by atoms with E-state index in [1.54, 1.807) is 18.2 Å². The molecular weight excluding hydrogens is 244 g/mol. The van der Waals surface area contributed by atoms with Crippen molar-refractivity contribution in [3.05, 3.63) is 35.2 Å². The molecule has 0 aliphatic heterocycles. The van der Waals surface area contributed by atoms with Gasteiger partial charge in [-0.15, -0.1) is 0 Å². The van der Waals surface area contributed by atoms with Gasteiger partial charge < -0.3 is 15.3 Å². The molecule has 2 aromatic rings. The Morgan fingerprint density at radius 3 is 2.71 bits per heavy atom. The molecule has 0 amide bonds. The summed E-state index contributed by atoms with van der Waals surface area (Å²) in [6.45, 7) is -0.510. The number of aliphatic hydroxyl groups excluding tert-OH is 3. The van der Waals surface area contributed by atoms with Gasteiger partial charge in [0.25, 0.3) is 0 Å². The van der Waals surface area contributed by atoms with E-state index in [0.29, 0.717) is 21.6 Å². The third-order valence-electron chi connectivity index (χ3n) is 2.50. The summed E-state index contributed by atoms with van der Waals surface area (Å²) in [6, 6.07) is 4.88. The minimum Gasteiger partial charge on any atom is -0.394 e. The highest BCUT2D eigenvalue weighted by Crippen LogP contribution is 2.24. The monoisotopic (exact) mass is 254 g/mol. The van der Waals surface area contributed by atoms with Crippen molar-refractivity contribution < 1.29 is 15.3 Å².